The summed E-state index contributed by atoms with van der Waals surface area (Å²) in [6.45, 7) is 2.94. The summed E-state index contributed by atoms with van der Waals surface area (Å²) < 4.78 is 14.0. The van der Waals surface area contributed by atoms with E-state index in [2.05, 4.69) is 4.90 Å². The topological polar surface area (TPSA) is 29.3 Å². The molecule has 1 aromatic carbocycles. The number of benzene rings is 1. The van der Waals surface area contributed by atoms with Crippen LogP contribution in [0.25, 0.3) is 0 Å². The average molecular weight is 248 g/mol. The molecule has 2 aliphatic carbocycles. The lowest BCUT2D eigenvalue weighted by atomic mass is 10.0. The Kier molecular flexibility index (Phi) is 3.02. The number of hydrogen-bond acceptors (Lipinski definition) is 2. The minimum absolute atomic E-state index is 0.163. The second-order valence-electron chi connectivity index (χ2n) is 5.79. The van der Waals surface area contributed by atoms with Crippen molar-refractivity contribution in [2.75, 3.05) is 11.4 Å². The van der Waals surface area contributed by atoms with Gasteiger partial charge in [-0.25, -0.2) is 4.39 Å². The number of nitrogens with two attached hydrogens (primary N) is 1. The standard InChI is InChI=1S/C15H21FN2/c1-10(17)15-13(16)3-2-4-14(15)18(12-7-8-12)9-11-5-6-11/h2-4,10-12H,5-9,17H2,1H3. The molecule has 0 aromatic heterocycles. The molecule has 1 aromatic rings. The molecule has 0 heterocycles. The lowest BCUT2D eigenvalue weighted by Crippen LogP contribution is -2.30. The average Bonchev–Trinajstić information content (AvgIpc) is 3.17. The molecule has 0 saturated heterocycles. The van der Waals surface area contributed by atoms with E-state index in [1.54, 1.807) is 6.07 Å². The van der Waals surface area contributed by atoms with Gasteiger partial charge >= 0.3 is 0 Å². The van der Waals surface area contributed by atoms with Crippen molar-refractivity contribution >= 4 is 5.69 Å². The third-order valence-electron chi connectivity index (χ3n) is 3.93. The van der Waals surface area contributed by atoms with Crippen molar-refractivity contribution in [1.82, 2.24) is 0 Å². The zero-order chi connectivity index (χ0) is 12.7. The number of rotatable bonds is 5. The van der Waals surface area contributed by atoms with Crippen LogP contribution < -0.4 is 10.6 Å². The van der Waals surface area contributed by atoms with Gasteiger partial charge in [0.25, 0.3) is 0 Å². The first kappa shape index (κ1) is 12.0. The first-order chi connectivity index (χ1) is 8.66. The Hall–Kier alpha value is -1.09. The van der Waals surface area contributed by atoms with Gasteiger partial charge in [-0.1, -0.05) is 6.07 Å². The third kappa shape index (κ3) is 2.37. The van der Waals surface area contributed by atoms with E-state index in [4.69, 9.17) is 5.73 Å². The van der Waals surface area contributed by atoms with Crippen LogP contribution >= 0.6 is 0 Å². The van der Waals surface area contributed by atoms with Gasteiger partial charge < -0.3 is 10.6 Å². The largest absolute Gasteiger partial charge is 0.368 e. The van der Waals surface area contributed by atoms with E-state index in [1.807, 2.05) is 13.0 Å². The van der Waals surface area contributed by atoms with Gasteiger partial charge in [0.15, 0.2) is 0 Å². The number of anilines is 1. The molecular formula is C15H21FN2. The molecular weight excluding hydrogens is 227 g/mol. The third-order valence-corrected chi connectivity index (χ3v) is 3.93. The number of halogens is 1. The molecule has 2 aliphatic rings. The van der Waals surface area contributed by atoms with Crippen molar-refractivity contribution in [3.05, 3.63) is 29.6 Å². The van der Waals surface area contributed by atoms with Crippen LogP contribution in [-0.4, -0.2) is 12.6 Å². The van der Waals surface area contributed by atoms with E-state index >= 15 is 0 Å². The summed E-state index contributed by atoms with van der Waals surface area (Å²) >= 11 is 0. The molecule has 18 heavy (non-hydrogen) atoms. The van der Waals surface area contributed by atoms with Gasteiger partial charge in [0.1, 0.15) is 5.82 Å². The van der Waals surface area contributed by atoms with Crippen LogP contribution in [-0.2, 0) is 0 Å². The van der Waals surface area contributed by atoms with Gasteiger partial charge in [0.05, 0.1) is 0 Å². The highest BCUT2D eigenvalue weighted by Crippen LogP contribution is 2.40. The lowest BCUT2D eigenvalue weighted by molar-refractivity contribution is 0.589. The minimum Gasteiger partial charge on any atom is -0.368 e. The van der Waals surface area contributed by atoms with Gasteiger partial charge in [-0.05, 0) is 50.7 Å². The van der Waals surface area contributed by atoms with E-state index in [9.17, 15) is 4.39 Å². The molecule has 1 unspecified atom stereocenters. The van der Waals surface area contributed by atoms with Gasteiger partial charge in [0.2, 0.25) is 0 Å². The zero-order valence-electron chi connectivity index (χ0n) is 10.9. The zero-order valence-corrected chi connectivity index (χ0v) is 10.9. The smallest absolute Gasteiger partial charge is 0.130 e. The Labute approximate surface area is 108 Å². The van der Waals surface area contributed by atoms with Crippen LogP contribution in [0.4, 0.5) is 10.1 Å². The van der Waals surface area contributed by atoms with E-state index in [0.717, 1.165) is 18.2 Å². The highest BCUT2D eigenvalue weighted by Gasteiger charge is 2.35. The van der Waals surface area contributed by atoms with Crippen molar-refractivity contribution in [3.63, 3.8) is 0 Å². The van der Waals surface area contributed by atoms with E-state index in [1.165, 1.54) is 31.7 Å². The van der Waals surface area contributed by atoms with Crippen molar-refractivity contribution in [2.45, 2.75) is 44.7 Å². The first-order valence-electron chi connectivity index (χ1n) is 6.97. The van der Waals surface area contributed by atoms with E-state index in [0.29, 0.717) is 11.6 Å². The van der Waals surface area contributed by atoms with Crippen LogP contribution in [0.2, 0.25) is 0 Å². The van der Waals surface area contributed by atoms with Gasteiger partial charge in [-0.2, -0.15) is 0 Å². The first-order valence-corrected chi connectivity index (χ1v) is 6.97. The molecule has 2 saturated carbocycles. The minimum atomic E-state index is -0.248. The highest BCUT2D eigenvalue weighted by molar-refractivity contribution is 5.57. The maximum absolute atomic E-state index is 14.0. The van der Waals surface area contributed by atoms with Crippen LogP contribution in [0.5, 0.6) is 0 Å². The Morgan fingerprint density at radius 1 is 1.33 bits per heavy atom. The second-order valence-corrected chi connectivity index (χ2v) is 5.79. The van der Waals surface area contributed by atoms with Crippen LogP contribution in [0.1, 0.15) is 44.2 Å². The van der Waals surface area contributed by atoms with E-state index in [-0.39, 0.29) is 11.9 Å². The van der Waals surface area contributed by atoms with Crippen LogP contribution in [0.3, 0.4) is 0 Å². The molecule has 2 fully saturated rings. The Bertz CT molecular complexity index is 436. The van der Waals surface area contributed by atoms with Crippen molar-refractivity contribution in [1.29, 1.82) is 0 Å². The molecule has 3 rings (SSSR count). The molecule has 98 valence electrons. The Morgan fingerprint density at radius 2 is 2.06 bits per heavy atom. The summed E-state index contributed by atoms with van der Waals surface area (Å²) in [7, 11) is 0. The Balaban J connectivity index is 1.94. The predicted octanol–water partition coefficient (Wildman–Crippen LogP) is 3.22. The lowest BCUT2D eigenvalue weighted by Gasteiger charge is -2.28. The summed E-state index contributed by atoms with van der Waals surface area (Å²) in [5.74, 6) is 0.652. The fourth-order valence-electron chi connectivity index (χ4n) is 2.64. The summed E-state index contributed by atoms with van der Waals surface area (Å²) in [5, 5.41) is 0. The van der Waals surface area contributed by atoms with Gasteiger partial charge in [-0.15, -0.1) is 0 Å². The molecule has 2 N–H and O–H groups in total. The summed E-state index contributed by atoms with van der Waals surface area (Å²) in [6.07, 6.45) is 5.13. The van der Waals surface area contributed by atoms with Crippen molar-refractivity contribution < 1.29 is 4.39 Å². The van der Waals surface area contributed by atoms with Gasteiger partial charge in [0, 0.05) is 29.9 Å². The Morgan fingerprint density at radius 3 is 2.61 bits per heavy atom. The molecule has 1 atom stereocenters. The number of nitrogens with zero attached hydrogens (tertiary/aromatic N) is 1. The monoisotopic (exact) mass is 248 g/mol. The molecule has 0 amide bonds. The molecule has 3 heteroatoms. The summed E-state index contributed by atoms with van der Waals surface area (Å²) in [4.78, 5) is 2.40. The maximum Gasteiger partial charge on any atom is 0.130 e. The molecule has 2 nitrogen and oxygen atoms in total. The number of hydrogen-bond donors (Lipinski definition) is 1. The summed E-state index contributed by atoms with van der Waals surface area (Å²) in [5.41, 5.74) is 7.67. The quantitative estimate of drug-likeness (QED) is 0.867. The van der Waals surface area contributed by atoms with Crippen LogP contribution in [0.15, 0.2) is 18.2 Å². The molecule has 0 radical (unpaired) electrons. The summed E-state index contributed by atoms with van der Waals surface area (Å²) in [6, 6.07) is 5.72. The van der Waals surface area contributed by atoms with Crippen molar-refractivity contribution in [3.8, 4) is 0 Å². The van der Waals surface area contributed by atoms with Crippen LogP contribution in [0, 0.1) is 11.7 Å². The maximum atomic E-state index is 14.0. The van der Waals surface area contributed by atoms with Crippen molar-refractivity contribution in [2.24, 2.45) is 11.7 Å². The second kappa shape index (κ2) is 4.54. The normalized spacial score (nSPS) is 20.8. The molecule has 0 bridgehead atoms. The fraction of sp³-hybridized carbons (Fsp3) is 0.600. The fourth-order valence-corrected chi connectivity index (χ4v) is 2.64. The van der Waals surface area contributed by atoms with E-state index < -0.39 is 0 Å². The predicted molar refractivity (Wildman–Crippen MR) is 72.1 cm³/mol. The molecule has 0 aliphatic heterocycles. The highest BCUT2D eigenvalue weighted by atomic mass is 19.1. The molecule has 0 spiro atoms. The van der Waals surface area contributed by atoms with Gasteiger partial charge in [-0.3, -0.25) is 0 Å². The SMILES string of the molecule is CC(N)c1c(F)cccc1N(CC1CC1)C1CC1.